The third-order valence-electron chi connectivity index (χ3n) is 4.72. The minimum atomic E-state index is -0.253. The fourth-order valence-corrected chi connectivity index (χ4v) is 4.41. The van der Waals surface area contributed by atoms with E-state index < -0.39 is 0 Å². The minimum Gasteiger partial charge on any atom is -0.365 e. The third kappa shape index (κ3) is 3.03. The van der Waals surface area contributed by atoms with Crippen molar-refractivity contribution in [3.63, 3.8) is 0 Å². The Morgan fingerprint density at radius 3 is 2.81 bits per heavy atom. The third-order valence-corrected chi connectivity index (χ3v) is 5.91. The van der Waals surface area contributed by atoms with Gasteiger partial charge in [0.25, 0.3) is 5.91 Å². The summed E-state index contributed by atoms with van der Waals surface area (Å²) in [6.07, 6.45) is 3.60. The number of thiophene rings is 1. The van der Waals surface area contributed by atoms with Gasteiger partial charge in [0.05, 0.1) is 10.3 Å². The molecule has 0 saturated carbocycles. The first kappa shape index (κ1) is 16.9. The van der Waals surface area contributed by atoms with Crippen LogP contribution >= 0.6 is 11.3 Å². The molecule has 26 heavy (non-hydrogen) atoms. The van der Waals surface area contributed by atoms with Gasteiger partial charge in [-0.2, -0.15) is 0 Å². The van der Waals surface area contributed by atoms with Crippen molar-refractivity contribution in [2.45, 2.75) is 26.3 Å². The lowest BCUT2D eigenvalue weighted by Crippen LogP contribution is -2.27. The molecule has 0 aliphatic carbocycles. The number of nitrogens with one attached hydrogen (secondary N) is 1. The molecule has 0 atom stereocenters. The van der Waals surface area contributed by atoms with Gasteiger partial charge >= 0.3 is 0 Å². The van der Waals surface area contributed by atoms with Gasteiger partial charge in [-0.15, -0.1) is 11.3 Å². The maximum Gasteiger partial charge on any atom is 0.264 e. The average Bonchev–Trinajstić information content (AvgIpc) is 3.29. The number of nitrogens with zero attached hydrogens (tertiary/aromatic N) is 3. The van der Waals surface area contributed by atoms with Crippen LogP contribution in [0.1, 0.15) is 33.6 Å². The lowest BCUT2D eigenvalue weighted by atomic mass is 10.1. The van der Waals surface area contributed by atoms with Crippen LogP contribution in [0.2, 0.25) is 0 Å². The highest BCUT2D eigenvalue weighted by Gasteiger charge is 2.25. The summed E-state index contributed by atoms with van der Waals surface area (Å²) in [7, 11) is 0. The number of hydrogen-bond donors (Lipinski definition) is 1. The molecule has 1 aliphatic heterocycles. The van der Waals surface area contributed by atoms with Crippen LogP contribution in [0.3, 0.4) is 0 Å². The van der Waals surface area contributed by atoms with Crippen LogP contribution in [0.4, 0.5) is 10.2 Å². The molecule has 0 radical (unpaired) electrons. The molecule has 134 valence electrons. The number of rotatable bonds is 4. The van der Waals surface area contributed by atoms with Gasteiger partial charge in [-0.3, -0.25) is 4.79 Å². The van der Waals surface area contributed by atoms with Crippen molar-refractivity contribution >= 4 is 33.3 Å². The molecule has 0 spiro atoms. The molecule has 1 saturated heterocycles. The molecule has 1 amide bonds. The number of aromatic nitrogens is 2. The molecule has 1 aliphatic rings. The van der Waals surface area contributed by atoms with Gasteiger partial charge in [-0.25, -0.2) is 14.4 Å². The zero-order chi connectivity index (χ0) is 18.1. The van der Waals surface area contributed by atoms with Gasteiger partial charge in [-0.05, 0) is 31.4 Å². The topological polar surface area (TPSA) is 58.1 Å². The van der Waals surface area contributed by atoms with Crippen molar-refractivity contribution in [3.05, 3.63) is 52.4 Å². The normalized spacial score (nSPS) is 14.2. The van der Waals surface area contributed by atoms with Gasteiger partial charge in [0.2, 0.25) is 0 Å². The van der Waals surface area contributed by atoms with E-state index in [0.29, 0.717) is 17.9 Å². The van der Waals surface area contributed by atoms with E-state index in [1.54, 1.807) is 18.2 Å². The molecule has 0 unspecified atom stereocenters. The molecular formula is C19H19FN4OS. The lowest BCUT2D eigenvalue weighted by Gasteiger charge is -2.14. The Kier molecular flexibility index (Phi) is 4.55. The summed E-state index contributed by atoms with van der Waals surface area (Å²) in [5.41, 5.74) is 1.46. The van der Waals surface area contributed by atoms with E-state index in [-0.39, 0.29) is 11.7 Å². The molecule has 1 aromatic carbocycles. The van der Waals surface area contributed by atoms with Gasteiger partial charge in [0, 0.05) is 25.2 Å². The second-order valence-electron chi connectivity index (χ2n) is 6.40. The van der Waals surface area contributed by atoms with E-state index in [0.717, 1.165) is 46.6 Å². The summed E-state index contributed by atoms with van der Waals surface area (Å²) in [5.74, 6) is 0.452. The Morgan fingerprint density at radius 2 is 2.04 bits per heavy atom. The maximum absolute atomic E-state index is 13.8. The fraction of sp³-hybridized carbons (Fsp3) is 0.316. The zero-order valence-corrected chi connectivity index (χ0v) is 15.3. The molecule has 5 nitrogen and oxygen atoms in total. The molecule has 1 fully saturated rings. The van der Waals surface area contributed by atoms with E-state index in [1.165, 1.54) is 23.7 Å². The van der Waals surface area contributed by atoms with Crippen LogP contribution in [0, 0.1) is 12.7 Å². The highest BCUT2D eigenvalue weighted by Crippen LogP contribution is 2.34. The molecule has 7 heteroatoms. The predicted octanol–water partition coefficient (Wildman–Crippen LogP) is 3.99. The van der Waals surface area contributed by atoms with Crippen molar-refractivity contribution in [1.82, 2.24) is 14.9 Å². The highest BCUT2D eigenvalue weighted by atomic mass is 32.1. The number of fused-ring (bicyclic) bond motifs is 1. The van der Waals surface area contributed by atoms with E-state index in [4.69, 9.17) is 0 Å². The highest BCUT2D eigenvalue weighted by molar-refractivity contribution is 7.20. The average molecular weight is 370 g/mol. The molecule has 3 aromatic rings. The van der Waals surface area contributed by atoms with E-state index in [2.05, 4.69) is 15.3 Å². The summed E-state index contributed by atoms with van der Waals surface area (Å²) in [4.78, 5) is 24.8. The Balaban J connectivity index is 1.65. The van der Waals surface area contributed by atoms with E-state index in [1.807, 2.05) is 11.8 Å². The number of hydrogen-bond acceptors (Lipinski definition) is 5. The molecule has 2 aromatic heterocycles. The van der Waals surface area contributed by atoms with Gasteiger partial charge in [-0.1, -0.05) is 18.2 Å². The van der Waals surface area contributed by atoms with Crippen LogP contribution < -0.4 is 5.32 Å². The fourth-order valence-electron chi connectivity index (χ4n) is 3.29. The monoisotopic (exact) mass is 370 g/mol. The number of carbonyl (C=O) groups excluding carboxylic acids is 1. The molecule has 3 heterocycles. The lowest BCUT2D eigenvalue weighted by molar-refractivity contribution is 0.0797. The standard InChI is InChI=1S/C19H19FN4OS/c1-12-15-17(21-10-13-6-2-3-7-14(13)20)22-11-23-18(15)26-16(12)19(25)24-8-4-5-9-24/h2-3,6-7,11H,4-5,8-10H2,1H3,(H,21,22,23). The molecule has 0 bridgehead atoms. The summed E-state index contributed by atoms with van der Waals surface area (Å²) in [5, 5.41) is 4.04. The van der Waals surface area contributed by atoms with E-state index in [9.17, 15) is 9.18 Å². The number of likely N-dealkylation sites (tertiary alicyclic amines) is 1. The number of anilines is 1. The first-order valence-electron chi connectivity index (χ1n) is 8.66. The van der Waals surface area contributed by atoms with Gasteiger partial charge in [0.15, 0.2) is 0 Å². The Bertz CT molecular complexity index is 965. The summed E-state index contributed by atoms with van der Waals surface area (Å²) < 4.78 is 13.8. The van der Waals surface area contributed by atoms with Crippen molar-refractivity contribution in [1.29, 1.82) is 0 Å². The summed E-state index contributed by atoms with van der Waals surface area (Å²) >= 11 is 1.40. The van der Waals surface area contributed by atoms with Crippen LogP contribution in [-0.2, 0) is 6.54 Å². The Morgan fingerprint density at radius 1 is 1.27 bits per heavy atom. The minimum absolute atomic E-state index is 0.0723. The van der Waals surface area contributed by atoms with Crippen molar-refractivity contribution < 1.29 is 9.18 Å². The molecule has 1 N–H and O–H groups in total. The van der Waals surface area contributed by atoms with Crippen molar-refractivity contribution in [2.24, 2.45) is 0 Å². The number of halogens is 1. The second-order valence-corrected chi connectivity index (χ2v) is 7.40. The van der Waals surface area contributed by atoms with Gasteiger partial charge in [0.1, 0.15) is 22.8 Å². The number of aryl methyl sites for hydroxylation is 1. The first-order chi connectivity index (χ1) is 12.6. The van der Waals surface area contributed by atoms with Crippen LogP contribution in [-0.4, -0.2) is 33.9 Å². The smallest absolute Gasteiger partial charge is 0.264 e. The largest absolute Gasteiger partial charge is 0.365 e. The Labute approximate surface area is 154 Å². The van der Waals surface area contributed by atoms with E-state index >= 15 is 0 Å². The van der Waals surface area contributed by atoms with Crippen LogP contribution in [0.5, 0.6) is 0 Å². The number of carbonyl (C=O) groups is 1. The van der Waals surface area contributed by atoms with Gasteiger partial charge < -0.3 is 10.2 Å². The van der Waals surface area contributed by atoms with Crippen molar-refractivity contribution in [2.75, 3.05) is 18.4 Å². The number of benzene rings is 1. The van der Waals surface area contributed by atoms with Crippen LogP contribution in [0.15, 0.2) is 30.6 Å². The predicted molar refractivity (Wildman–Crippen MR) is 101 cm³/mol. The zero-order valence-electron chi connectivity index (χ0n) is 14.5. The Hall–Kier alpha value is -2.54. The first-order valence-corrected chi connectivity index (χ1v) is 9.47. The molecular weight excluding hydrogens is 351 g/mol. The molecule has 4 rings (SSSR count). The maximum atomic E-state index is 13.8. The van der Waals surface area contributed by atoms with Crippen LogP contribution in [0.25, 0.3) is 10.2 Å². The summed E-state index contributed by atoms with van der Waals surface area (Å²) in [6, 6.07) is 6.65. The van der Waals surface area contributed by atoms with Crippen molar-refractivity contribution in [3.8, 4) is 0 Å². The summed E-state index contributed by atoms with van der Waals surface area (Å²) in [6.45, 7) is 3.89. The number of amides is 1. The SMILES string of the molecule is Cc1c(C(=O)N2CCCC2)sc2ncnc(NCc3ccccc3F)c12. The quantitative estimate of drug-likeness (QED) is 0.754. The second kappa shape index (κ2) is 6.99.